The van der Waals surface area contributed by atoms with Crippen molar-refractivity contribution in [2.45, 2.75) is 80.1 Å². The smallest absolute Gasteiger partial charge is 0.234 e. The predicted molar refractivity (Wildman–Crippen MR) is 105 cm³/mol. The molecule has 1 N–H and O–H groups in total. The van der Waals surface area contributed by atoms with Crippen molar-refractivity contribution < 1.29 is 4.79 Å². The molecule has 0 radical (unpaired) electrons. The van der Waals surface area contributed by atoms with E-state index in [0.29, 0.717) is 11.8 Å². The lowest BCUT2D eigenvalue weighted by atomic mass is 9.81. The lowest BCUT2D eigenvalue weighted by molar-refractivity contribution is -0.131. The molecule has 2 aliphatic rings. The molecule has 26 heavy (non-hydrogen) atoms. The molecular weight excluding hydrogens is 366 g/mol. The molecule has 6 nitrogen and oxygen atoms in total. The van der Waals surface area contributed by atoms with Crippen LogP contribution in [-0.2, 0) is 4.79 Å². The van der Waals surface area contributed by atoms with Crippen molar-refractivity contribution in [3.05, 3.63) is 0 Å². The highest BCUT2D eigenvalue weighted by molar-refractivity contribution is 8.01. The quantitative estimate of drug-likeness (QED) is 0.734. The molecule has 3 rings (SSSR count). The van der Waals surface area contributed by atoms with Gasteiger partial charge in [-0.25, -0.2) is 0 Å². The zero-order valence-electron chi connectivity index (χ0n) is 15.4. The maximum Gasteiger partial charge on any atom is 0.234 e. The van der Waals surface area contributed by atoms with E-state index in [2.05, 4.69) is 21.6 Å². The fourth-order valence-electron chi connectivity index (χ4n) is 3.87. The average Bonchev–Trinajstić information content (AvgIpc) is 3.14. The number of nitrogens with zero attached hydrogens (tertiary/aromatic N) is 4. The summed E-state index contributed by atoms with van der Waals surface area (Å²) in [7, 11) is 1.77. The third-order valence-electron chi connectivity index (χ3n) is 5.56. The summed E-state index contributed by atoms with van der Waals surface area (Å²) in [5, 5.41) is 22.4. The van der Waals surface area contributed by atoms with Gasteiger partial charge in [0.1, 0.15) is 5.54 Å². The maximum atomic E-state index is 12.6. The average molecular weight is 394 g/mol. The molecule has 0 aliphatic heterocycles. The van der Waals surface area contributed by atoms with E-state index in [1.807, 2.05) is 0 Å². The molecule has 1 heterocycles. The van der Waals surface area contributed by atoms with Gasteiger partial charge in [-0.2, -0.15) is 5.26 Å². The maximum absolute atomic E-state index is 12.6. The molecular formula is C18H27N5OS2. The van der Waals surface area contributed by atoms with Crippen molar-refractivity contribution in [3.63, 3.8) is 0 Å². The molecule has 0 saturated heterocycles. The van der Waals surface area contributed by atoms with Gasteiger partial charge in [-0.1, -0.05) is 61.6 Å². The number of hydrogen-bond donors (Lipinski definition) is 1. The molecule has 2 saturated carbocycles. The number of amides is 1. The number of rotatable bonds is 6. The van der Waals surface area contributed by atoms with Crippen LogP contribution in [-0.4, -0.2) is 45.4 Å². The zero-order chi connectivity index (χ0) is 18.4. The van der Waals surface area contributed by atoms with Crippen LogP contribution in [0.2, 0.25) is 0 Å². The van der Waals surface area contributed by atoms with Gasteiger partial charge in [0.25, 0.3) is 0 Å². The summed E-state index contributed by atoms with van der Waals surface area (Å²) in [5.74, 6) is 0.299. The molecule has 0 aromatic carbocycles. The minimum Gasteiger partial charge on any atom is -0.357 e. The standard InChI is InChI=1S/C18H27N5OS2/c1-23(18(13-19)10-6-3-7-11-18)15(24)12-25-17-22-21-16(26-17)20-14-8-4-2-5-9-14/h14H,2-12H2,1H3,(H,20,21). The normalized spacial score (nSPS) is 20.3. The second kappa shape index (κ2) is 9.05. The molecule has 142 valence electrons. The van der Waals surface area contributed by atoms with Gasteiger partial charge in [0.2, 0.25) is 11.0 Å². The van der Waals surface area contributed by atoms with Gasteiger partial charge in [-0.05, 0) is 25.7 Å². The Morgan fingerprint density at radius 1 is 1.27 bits per heavy atom. The minimum absolute atomic E-state index is 0.00422. The lowest BCUT2D eigenvalue weighted by Crippen LogP contribution is -2.50. The zero-order valence-corrected chi connectivity index (χ0v) is 17.0. The Morgan fingerprint density at radius 2 is 1.96 bits per heavy atom. The molecule has 1 aromatic heterocycles. The summed E-state index contributed by atoms with van der Waals surface area (Å²) in [6.07, 6.45) is 11.0. The second-order valence-corrected chi connectivity index (χ2v) is 9.50. The molecule has 2 fully saturated rings. The summed E-state index contributed by atoms with van der Waals surface area (Å²) < 4.78 is 0.805. The van der Waals surface area contributed by atoms with Crippen LogP contribution >= 0.6 is 23.1 Å². The van der Waals surface area contributed by atoms with Gasteiger partial charge in [-0.3, -0.25) is 4.79 Å². The predicted octanol–water partition coefficient (Wildman–Crippen LogP) is 4.06. The first-order chi connectivity index (χ1) is 12.6. The van der Waals surface area contributed by atoms with Crippen molar-refractivity contribution in [1.82, 2.24) is 15.1 Å². The molecule has 8 heteroatoms. The number of carbonyl (C=O) groups excluding carboxylic acids is 1. The highest BCUT2D eigenvalue weighted by Gasteiger charge is 2.38. The Kier molecular flexibility index (Phi) is 6.76. The van der Waals surface area contributed by atoms with Gasteiger partial charge in [0, 0.05) is 13.1 Å². The first-order valence-corrected chi connectivity index (χ1v) is 11.3. The van der Waals surface area contributed by atoms with Crippen molar-refractivity contribution >= 4 is 34.1 Å². The second-order valence-electron chi connectivity index (χ2n) is 7.30. The van der Waals surface area contributed by atoms with Crippen LogP contribution in [0.15, 0.2) is 4.34 Å². The molecule has 1 aromatic rings. The number of nitrogens with one attached hydrogen (secondary N) is 1. The van der Waals surface area contributed by atoms with E-state index in [-0.39, 0.29) is 5.91 Å². The van der Waals surface area contributed by atoms with Gasteiger partial charge < -0.3 is 10.2 Å². The lowest BCUT2D eigenvalue weighted by Gasteiger charge is -2.38. The molecule has 2 aliphatic carbocycles. The largest absolute Gasteiger partial charge is 0.357 e. The van der Waals surface area contributed by atoms with Crippen LogP contribution in [0.4, 0.5) is 5.13 Å². The summed E-state index contributed by atoms with van der Waals surface area (Å²) >= 11 is 2.93. The van der Waals surface area contributed by atoms with Gasteiger partial charge in [0.15, 0.2) is 4.34 Å². The number of nitriles is 1. The van der Waals surface area contributed by atoms with Crippen LogP contribution in [0.25, 0.3) is 0 Å². The monoisotopic (exact) mass is 393 g/mol. The fourth-order valence-corrected chi connectivity index (χ4v) is 5.61. The van der Waals surface area contributed by atoms with Crippen molar-refractivity contribution in [1.29, 1.82) is 5.26 Å². The highest BCUT2D eigenvalue weighted by Crippen LogP contribution is 2.34. The van der Waals surface area contributed by atoms with Crippen LogP contribution < -0.4 is 5.32 Å². The Morgan fingerprint density at radius 3 is 2.65 bits per heavy atom. The topological polar surface area (TPSA) is 81.9 Å². The Bertz CT molecular complexity index is 644. The molecule has 0 bridgehead atoms. The minimum atomic E-state index is -0.620. The van der Waals surface area contributed by atoms with Crippen molar-refractivity contribution in [2.24, 2.45) is 0 Å². The molecule has 0 spiro atoms. The first kappa shape index (κ1) is 19.4. The summed E-state index contributed by atoms with van der Waals surface area (Å²) in [4.78, 5) is 14.3. The van der Waals surface area contributed by atoms with E-state index in [0.717, 1.165) is 41.6 Å². The molecule has 0 unspecified atom stereocenters. The number of aromatic nitrogens is 2. The SMILES string of the molecule is CN(C(=O)CSc1nnc(NC2CCCCC2)s1)C1(C#N)CCCCC1. The Labute approximate surface area is 163 Å². The van der Waals surface area contributed by atoms with Crippen LogP contribution in [0.1, 0.15) is 64.2 Å². The Hall–Kier alpha value is -1.33. The third kappa shape index (κ3) is 4.68. The van der Waals surface area contributed by atoms with Crippen molar-refractivity contribution in [3.8, 4) is 6.07 Å². The van der Waals surface area contributed by atoms with E-state index in [9.17, 15) is 10.1 Å². The number of carbonyl (C=O) groups is 1. The van der Waals surface area contributed by atoms with Crippen LogP contribution in [0, 0.1) is 11.3 Å². The van der Waals surface area contributed by atoms with Crippen LogP contribution in [0.5, 0.6) is 0 Å². The van der Waals surface area contributed by atoms with Gasteiger partial charge in [-0.15, -0.1) is 10.2 Å². The molecule has 0 atom stereocenters. The van der Waals surface area contributed by atoms with Gasteiger partial charge in [0.05, 0.1) is 11.8 Å². The van der Waals surface area contributed by atoms with Crippen LogP contribution in [0.3, 0.4) is 0 Å². The number of thioether (sulfide) groups is 1. The van der Waals surface area contributed by atoms with E-state index in [1.165, 1.54) is 55.2 Å². The third-order valence-corrected chi connectivity index (χ3v) is 7.54. The van der Waals surface area contributed by atoms with Gasteiger partial charge >= 0.3 is 0 Å². The Balaban J connectivity index is 1.50. The number of anilines is 1. The summed E-state index contributed by atoms with van der Waals surface area (Å²) in [5.41, 5.74) is -0.620. The van der Waals surface area contributed by atoms with Crippen molar-refractivity contribution in [2.75, 3.05) is 18.1 Å². The van der Waals surface area contributed by atoms with E-state index in [4.69, 9.17) is 0 Å². The summed E-state index contributed by atoms with van der Waals surface area (Å²) in [6.45, 7) is 0. The van der Waals surface area contributed by atoms with E-state index < -0.39 is 5.54 Å². The van der Waals surface area contributed by atoms with E-state index >= 15 is 0 Å². The van der Waals surface area contributed by atoms with E-state index in [1.54, 1.807) is 11.9 Å². The fraction of sp³-hybridized carbons (Fsp3) is 0.778. The molecule has 1 amide bonds. The summed E-state index contributed by atoms with van der Waals surface area (Å²) in [6, 6.07) is 2.91. The number of hydrogen-bond acceptors (Lipinski definition) is 7. The highest BCUT2D eigenvalue weighted by atomic mass is 32.2. The first-order valence-electron chi connectivity index (χ1n) is 9.54.